The summed E-state index contributed by atoms with van der Waals surface area (Å²) in [5.41, 5.74) is 5.18. The molecule has 2 N–H and O–H groups in total. The summed E-state index contributed by atoms with van der Waals surface area (Å²) >= 11 is 0. The lowest BCUT2D eigenvalue weighted by Gasteiger charge is -1.91. The lowest BCUT2D eigenvalue weighted by atomic mass is 10.3. The van der Waals surface area contributed by atoms with Crippen molar-refractivity contribution >= 4 is 6.02 Å². The third kappa shape index (κ3) is 0.804. The van der Waals surface area contributed by atoms with Crippen molar-refractivity contribution < 1.29 is 4.74 Å². The molecule has 1 atom stereocenters. The first-order valence-corrected chi connectivity index (χ1v) is 2.41. The van der Waals surface area contributed by atoms with Crippen LogP contribution in [0.25, 0.3) is 0 Å². The van der Waals surface area contributed by atoms with Crippen LogP contribution in [-0.4, -0.2) is 18.7 Å². The van der Waals surface area contributed by atoms with Gasteiger partial charge in [0.2, 0.25) is 0 Å². The van der Waals surface area contributed by atoms with Gasteiger partial charge in [0.25, 0.3) is 6.02 Å². The highest BCUT2D eigenvalue weighted by Crippen LogP contribution is 2.00. The monoisotopic (exact) mass is 112 g/mol. The number of nitrogens with two attached hydrogens (primary N) is 1. The minimum atomic E-state index is 0.0787. The van der Waals surface area contributed by atoms with Gasteiger partial charge in [0, 0.05) is 0 Å². The maximum absolute atomic E-state index is 5.18. The van der Waals surface area contributed by atoms with Crippen molar-refractivity contribution in [2.45, 2.75) is 6.04 Å². The van der Waals surface area contributed by atoms with E-state index in [-0.39, 0.29) is 12.1 Å². The van der Waals surface area contributed by atoms with Gasteiger partial charge in [-0.1, -0.05) is 6.08 Å². The molecule has 1 aliphatic heterocycles. The fraction of sp³-hybridized carbons (Fsp3) is 0.400. The Bertz CT molecular complexity index is 130. The molecule has 0 bridgehead atoms. The van der Waals surface area contributed by atoms with Crippen LogP contribution in [0, 0.1) is 0 Å². The highest BCUT2D eigenvalue weighted by Gasteiger charge is 2.11. The van der Waals surface area contributed by atoms with Crippen LogP contribution < -0.4 is 5.73 Å². The molecule has 0 aromatic rings. The van der Waals surface area contributed by atoms with Crippen LogP contribution in [0.5, 0.6) is 0 Å². The molecule has 44 valence electrons. The zero-order valence-corrected chi connectivity index (χ0v) is 4.50. The molecule has 0 fully saturated rings. The first kappa shape index (κ1) is 5.15. The molecular weight excluding hydrogens is 104 g/mol. The molecule has 3 nitrogen and oxygen atoms in total. The zero-order chi connectivity index (χ0) is 5.98. The summed E-state index contributed by atoms with van der Waals surface area (Å²) in [5.74, 6) is 0. The fourth-order valence-corrected chi connectivity index (χ4v) is 0.529. The van der Waals surface area contributed by atoms with Crippen LogP contribution in [0.15, 0.2) is 17.6 Å². The Balaban J connectivity index is 2.53. The van der Waals surface area contributed by atoms with Crippen molar-refractivity contribution in [3.8, 4) is 0 Å². The van der Waals surface area contributed by atoms with Gasteiger partial charge in [-0.2, -0.15) is 0 Å². The molecule has 1 rings (SSSR count). The van der Waals surface area contributed by atoms with E-state index in [1.165, 1.54) is 0 Å². The largest absolute Gasteiger partial charge is 0.463 e. The summed E-state index contributed by atoms with van der Waals surface area (Å²) < 4.78 is 4.81. The zero-order valence-electron chi connectivity index (χ0n) is 4.50. The lowest BCUT2D eigenvalue weighted by molar-refractivity contribution is 0.327. The Kier molecular flexibility index (Phi) is 1.20. The minimum absolute atomic E-state index is 0.0787. The molecule has 0 amide bonds. The fourth-order valence-electron chi connectivity index (χ4n) is 0.529. The number of rotatable bonds is 1. The number of nitrogens with zero attached hydrogens (tertiary/aromatic N) is 1. The standard InChI is InChI=1S/C5H8N2O/c1-2-4-3-8-5(6)7-4/h2,4H,1,3H2,(H2,6,7). The lowest BCUT2D eigenvalue weighted by Crippen LogP contribution is -2.10. The van der Waals surface area contributed by atoms with Crippen molar-refractivity contribution in [2.24, 2.45) is 10.7 Å². The van der Waals surface area contributed by atoms with Gasteiger partial charge in [-0.05, 0) is 0 Å². The van der Waals surface area contributed by atoms with Crippen molar-refractivity contribution in [1.82, 2.24) is 0 Å². The van der Waals surface area contributed by atoms with Crippen LogP contribution in [0.2, 0.25) is 0 Å². The highest BCUT2D eigenvalue weighted by molar-refractivity contribution is 5.73. The Morgan fingerprint density at radius 3 is 3.00 bits per heavy atom. The second-order valence-corrected chi connectivity index (χ2v) is 1.58. The third-order valence-electron chi connectivity index (χ3n) is 0.967. The van der Waals surface area contributed by atoms with E-state index in [1.807, 2.05) is 0 Å². The number of hydrogen-bond acceptors (Lipinski definition) is 3. The predicted molar refractivity (Wildman–Crippen MR) is 31.6 cm³/mol. The Labute approximate surface area is 47.9 Å². The van der Waals surface area contributed by atoms with Gasteiger partial charge in [-0.15, -0.1) is 6.58 Å². The molecule has 0 saturated carbocycles. The van der Waals surface area contributed by atoms with E-state index >= 15 is 0 Å². The second kappa shape index (κ2) is 1.86. The number of ether oxygens (including phenoxy) is 1. The van der Waals surface area contributed by atoms with Crippen molar-refractivity contribution in [3.05, 3.63) is 12.7 Å². The maximum Gasteiger partial charge on any atom is 0.282 e. The topological polar surface area (TPSA) is 47.6 Å². The van der Waals surface area contributed by atoms with Crippen molar-refractivity contribution in [1.29, 1.82) is 0 Å². The molecule has 8 heavy (non-hydrogen) atoms. The number of amidine groups is 1. The van der Waals surface area contributed by atoms with E-state index in [9.17, 15) is 0 Å². The first-order valence-electron chi connectivity index (χ1n) is 2.41. The summed E-state index contributed by atoms with van der Waals surface area (Å²) in [6.07, 6.45) is 1.71. The summed E-state index contributed by atoms with van der Waals surface area (Å²) in [4.78, 5) is 3.86. The molecule has 0 aromatic heterocycles. The van der Waals surface area contributed by atoms with E-state index in [2.05, 4.69) is 11.6 Å². The normalized spacial score (nSPS) is 26.5. The summed E-state index contributed by atoms with van der Waals surface area (Å²) in [6, 6.07) is 0.352. The second-order valence-electron chi connectivity index (χ2n) is 1.58. The molecule has 1 heterocycles. The number of aliphatic imine (C=N–C) groups is 1. The Hall–Kier alpha value is -0.990. The Morgan fingerprint density at radius 1 is 2.00 bits per heavy atom. The number of hydrogen-bond donors (Lipinski definition) is 1. The quantitative estimate of drug-likeness (QED) is 0.481. The molecule has 0 saturated heterocycles. The molecule has 0 spiro atoms. The van der Waals surface area contributed by atoms with E-state index in [4.69, 9.17) is 10.5 Å². The first-order chi connectivity index (χ1) is 3.83. The van der Waals surface area contributed by atoms with Gasteiger partial charge < -0.3 is 10.5 Å². The molecule has 3 heteroatoms. The van der Waals surface area contributed by atoms with E-state index in [0.717, 1.165) is 0 Å². The Morgan fingerprint density at radius 2 is 2.75 bits per heavy atom. The van der Waals surface area contributed by atoms with Crippen LogP contribution in [-0.2, 0) is 4.74 Å². The van der Waals surface area contributed by atoms with Gasteiger partial charge in [-0.25, -0.2) is 4.99 Å². The van der Waals surface area contributed by atoms with Gasteiger partial charge >= 0.3 is 0 Å². The molecule has 1 aliphatic rings. The van der Waals surface area contributed by atoms with Gasteiger partial charge in [0.15, 0.2) is 0 Å². The third-order valence-corrected chi connectivity index (χ3v) is 0.967. The van der Waals surface area contributed by atoms with Crippen LogP contribution in [0.4, 0.5) is 0 Å². The smallest absolute Gasteiger partial charge is 0.282 e. The van der Waals surface area contributed by atoms with Crippen LogP contribution in [0.1, 0.15) is 0 Å². The average molecular weight is 112 g/mol. The average Bonchev–Trinajstić information content (AvgIpc) is 2.14. The maximum atomic E-state index is 5.18. The molecule has 0 aliphatic carbocycles. The van der Waals surface area contributed by atoms with Crippen molar-refractivity contribution in [3.63, 3.8) is 0 Å². The van der Waals surface area contributed by atoms with Crippen LogP contribution in [0.3, 0.4) is 0 Å². The van der Waals surface area contributed by atoms with Gasteiger partial charge in [0.05, 0.1) is 0 Å². The van der Waals surface area contributed by atoms with Gasteiger partial charge in [0.1, 0.15) is 12.6 Å². The minimum Gasteiger partial charge on any atom is -0.463 e. The molecule has 1 unspecified atom stereocenters. The molecule has 0 aromatic carbocycles. The van der Waals surface area contributed by atoms with E-state index < -0.39 is 0 Å². The SMILES string of the molecule is C=CC1COC(N)=N1. The predicted octanol–water partition coefficient (Wildman–Crippen LogP) is -0.114. The summed E-state index contributed by atoms with van der Waals surface area (Å²) in [5, 5.41) is 0. The molecular formula is C5H8N2O. The van der Waals surface area contributed by atoms with E-state index in [0.29, 0.717) is 6.61 Å². The van der Waals surface area contributed by atoms with Gasteiger partial charge in [-0.3, -0.25) is 0 Å². The summed E-state index contributed by atoms with van der Waals surface area (Å²) in [7, 11) is 0. The van der Waals surface area contributed by atoms with Crippen molar-refractivity contribution in [2.75, 3.05) is 6.61 Å². The van der Waals surface area contributed by atoms with Crippen LogP contribution >= 0.6 is 0 Å². The summed E-state index contributed by atoms with van der Waals surface area (Å²) in [6.45, 7) is 4.09. The van der Waals surface area contributed by atoms with E-state index in [1.54, 1.807) is 6.08 Å². The molecule has 0 radical (unpaired) electrons. The highest BCUT2D eigenvalue weighted by atomic mass is 16.5.